The minimum absolute atomic E-state index is 0.207. The number of benzene rings is 1. The molecule has 2 heterocycles. The summed E-state index contributed by atoms with van der Waals surface area (Å²) in [5.41, 5.74) is 4.07. The van der Waals surface area contributed by atoms with Gasteiger partial charge >= 0.3 is 5.76 Å². The molecule has 0 unspecified atom stereocenters. The van der Waals surface area contributed by atoms with Crippen LogP contribution in [0.1, 0.15) is 12.8 Å². The largest absolute Gasteiger partial charge is 0.419 e. The fourth-order valence-corrected chi connectivity index (χ4v) is 2.05. The van der Waals surface area contributed by atoms with E-state index in [4.69, 9.17) is 4.42 Å². The standard InChI is InChI=1S/C13H12N4O4/c1-17-9-6-7(2-4-10(9)21-13(17)20)14-12(19)8-3-5-11(18)16-15-8/h2,4,6H,3,5H2,1H3,(H,14,19)(H,16,18). The summed E-state index contributed by atoms with van der Waals surface area (Å²) in [4.78, 5) is 34.4. The zero-order valence-electron chi connectivity index (χ0n) is 11.2. The smallest absolute Gasteiger partial charge is 0.408 e. The number of carbonyl (C=O) groups excluding carboxylic acids is 2. The molecule has 1 aliphatic heterocycles. The number of hydrazone groups is 1. The van der Waals surface area contributed by atoms with Gasteiger partial charge in [-0.1, -0.05) is 0 Å². The second-order valence-corrected chi connectivity index (χ2v) is 4.66. The third-order valence-corrected chi connectivity index (χ3v) is 3.22. The van der Waals surface area contributed by atoms with Crippen LogP contribution in [0.4, 0.5) is 5.69 Å². The van der Waals surface area contributed by atoms with Crippen LogP contribution in [0.2, 0.25) is 0 Å². The van der Waals surface area contributed by atoms with E-state index in [1.807, 2.05) is 0 Å². The van der Waals surface area contributed by atoms with Gasteiger partial charge in [0.2, 0.25) is 5.91 Å². The number of nitrogens with one attached hydrogen (secondary N) is 2. The minimum Gasteiger partial charge on any atom is -0.408 e. The highest BCUT2D eigenvalue weighted by Gasteiger charge is 2.18. The topological polar surface area (TPSA) is 106 Å². The Balaban J connectivity index is 1.84. The molecule has 108 valence electrons. The number of carbonyl (C=O) groups is 2. The van der Waals surface area contributed by atoms with E-state index in [2.05, 4.69) is 15.8 Å². The summed E-state index contributed by atoms with van der Waals surface area (Å²) in [6.07, 6.45) is 0.533. The lowest BCUT2D eigenvalue weighted by Crippen LogP contribution is -2.32. The number of anilines is 1. The predicted molar refractivity (Wildman–Crippen MR) is 74.9 cm³/mol. The summed E-state index contributed by atoms with van der Waals surface area (Å²) in [5.74, 6) is -1.06. The van der Waals surface area contributed by atoms with Crippen molar-refractivity contribution in [3.8, 4) is 0 Å². The molecule has 1 aromatic carbocycles. The third kappa shape index (κ3) is 2.42. The predicted octanol–water partition coefficient (Wildman–Crippen LogP) is 0.336. The molecule has 0 bridgehead atoms. The number of amides is 2. The molecule has 0 aliphatic carbocycles. The molecular formula is C13H12N4O4. The quantitative estimate of drug-likeness (QED) is 0.830. The minimum atomic E-state index is -0.465. The highest BCUT2D eigenvalue weighted by atomic mass is 16.4. The molecule has 1 aliphatic rings. The summed E-state index contributed by atoms with van der Waals surface area (Å²) in [6.45, 7) is 0. The number of rotatable bonds is 2. The van der Waals surface area contributed by atoms with Gasteiger partial charge in [-0.2, -0.15) is 5.10 Å². The Kier molecular flexibility index (Phi) is 3.05. The molecule has 2 N–H and O–H groups in total. The van der Waals surface area contributed by atoms with Gasteiger partial charge in [-0.15, -0.1) is 0 Å². The lowest BCUT2D eigenvalue weighted by atomic mass is 10.1. The Hall–Kier alpha value is -2.90. The molecule has 21 heavy (non-hydrogen) atoms. The molecule has 0 radical (unpaired) electrons. The molecule has 0 atom stereocenters. The zero-order chi connectivity index (χ0) is 15.0. The first kappa shape index (κ1) is 13.1. The molecule has 1 aromatic heterocycles. The molecule has 2 aromatic rings. The van der Waals surface area contributed by atoms with Crippen molar-refractivity contribution in [3.63, 3.8) is 0 Å². The monoisotopic (exact) mass is 288 g/mol. The van der Waals surface area contributed by atoms with Crippen LogP contribution in [0, 0.1) is 0 Å². The van der Waals surface area contributed by atoms with Crippen molar-refractivity contribution in [2.24, 2.45) is 12.1 Å². The average Bonchev–Trinajstić information content (AvgIpc) is 2.75. The molecule has 0 spiro atoms. The highest BCUT2D eigenvalue weighted by Crippen LogP contribution is 2.18. The van der Waals surface area contributed by atoms with Crippen molar-refractivity contribution in [3.05, 3.63) is 28.7 Å². The lowest BCUT2D eigenvalue weighted by molar-refractivity contribution is -0.121. The number of nitrogens with zero attached hydrogens (tertiary/aromatic N) is 2. The molecule has 8 heteroatoms. The van der Waals surface area contributed by atoms with Crippen molar-refractivity contribution in [1.29, 1.82) is 0 Å². The van der Waals surface area contributed by atoms with Crippen LogP contribution in [0.25, 0.3) is 11.1 Å². The highest BCUT2D eigenvalue weighted by molar-refractivity contribution is 6.43. The van der Waals surface area contributed by atoms with Crippen molar-refractivity contribution in [2.75, 3.05) is 5.32 Å². The maximum absolute atomic E-state index is 12.0. The van der Waals surface area contributed by atoms with E-state index in [1.54, 1.807) is 25.2 Å². The Morgan fingerprint density at radius 1 is 1.38 bits per heavy atom. The molecule has 0 saturated heterocycles. The SMILES string of the molecule is Cn1c(=O)oc2ccc(NC(=O)C3=NNC(=O)CC3)cc21. The van der Waals surface area contributed by atoms with Crippen LogP contribution in [0.3, 0.4) is 0 Å². The fraction of sp³-hybridized carbons (Fsp3) is 0.231. The van der Waals surface area contributed by atoms with Gasteiger partial charge in [0.05, 0.1) is 5.52 Å². The maximum atomic E-state index is 12.0. The van der Waals surface area contributed by atoms with Gasteiger partial charge in [0.1, 0.15) is 5.71 Å². The van der Waals surface area contributed by atoms with Gasteiger partial charge in [0.15, 0.2) is 5.58 Å². The van der Waals surface area contributed by atoms with E-state index in [-0.39, 0.29) is 23.9 Å². The van der Waals surface area contributed by atoms with Gasteiger partial charge in [-0.05, 0) is 18.2 Å². The summed E-state index contributed by atoms with van der Waals surface area (Å²) in [6, 6.07) is 4.88. The molecule has 2 amide bonds. The summed E-state index contributed by atoms with van der Waals surface area (Å²) in [7, 11) is 1.58. The summed E-state index contributed by atoms with van der Waals surface area (Å²) in [5, 5.41) is 6.40. The third-order valence-electron chi connectivity index (χ3n) is 3.22. The Bertz CT molecular complexity index is 830. The van der Waals surface area contributed by atoms with E-state index >= 15 is 0 Å². The molecule has 8 nitrogen and oxygen atoms in total. The number of aromatic nitrogens is 1. The van der Waals surface area contributed by atoms with Gasteiger partial charge in [0.25, 0.3) is 5.91 Å². The Labute approximate surface area is 118 Å². The number of aryl methyl sites for hydroxylation is 1. The van der Waals surface area contributed by atoms with E-state index in [0.29, 0.717) is 23.2 Å². The van der Waals surface area contributed by atoms with E-state index in [9.17, 15) is 14.4 Å². The number of hydrogen-bond donors (Lipinski definition) is 2. The molecular weight excluding hydrogens is 276 g/mol. The molecule has 0 saturated carbocycles. The van der Waals surface area contributed by atoms with Gasteiger partial charge in [0, 0.05) is 25.6 Å². The average molecular weight is 288 g/mol. The lowest BCUT2D eigenvalue weighted by Gasteiger charge is -2.11. The first-order valence-electron chi connectivity index (χ1n) is 6.31. The van der Waals surface area contributed by atoms with Crippen molar-refractivity contribution >= 4 is 34.3 Å². The van der Waals surface area contributed by atoms with E-state index in [1.165, 1.54) is 4.57 Å². The fourth-order valence-electron chi connectivity index (χ4n) is 2.05. The molecule has 0 fully saturated rings. The number of fused-ring (bicyclic) bond motifs is 1. The van der Waals surface area contributed by atoms with Crippen LogP contribution in [-0.4, -0.2) is 22.1 Å². The first-order chi connectivity index (χ1) is 10.0. The van der Waals surface area contributed by atoms with Crippen LogP contribution >= 0.6 is 0 Å². The van der Waals surface area contributed by atoms with Gasteiger partial charge < -0.3 is 9.73 Å². The first-order valence-corrected chi connectivity index (χ1v) is 6.31. The summed E-state index contributed by atoms with van der Waals surface area (Å²) < 4.78 is 6.36. The Morgan fingerprint density at radius 2 is 2.19 bits per heavy atom. The second kappa shape index (κ2) is 4.89. The zero-order valence-corrected chi connectivity index (χ0v) is 11.2. The van der Waals surface area contributed by atoms with Gasteiger partial charge in [-0.25, -0.2) is 10.2 Å². The van der Waals surface area contributed by atoms with Gasteiger partial charge in [-0.3, -0.25) is 14.2 Å². The Morgan fingerprint density at radius 3 is 2.90 bits per heavy atom. The molecule has 3 rings (SSSR count). The van der Waals surface area contributed by atoms with Crippen LogP contribution in [0.15, 0.2) is 32.5 Å². The van der Waals surface area contributed by atoms with Crippen LogP contribution in [-0.2, 0) is 16.6 Å². The van der Waals surface area contributed by atoms with E-state index in [0.717, 1.165) is 0 Å². The van der Waals surface area contributed by atoms with Crippen LogP contribution in [0.5, 0.6) is 0 Å². The van der Waals surface area contributed by atoms with Crippen molar-refractivity contribution in [1.82, 2.24) is 9.99 Å². The van der Waals surface area contributed by atoms with E-state index < -0.39 is 5.76 Å². The summed E-state index contributed by atoms with van der Waals surface area (Å²) >= 11 is 0. The van der Waals surface area contributed by atoms with Crippen molar-refractivity contribution < 1.29 is 14.0 Å². The number of hydrogen-bond acceptors (Lipinski definition) is 5. The van der Waals surface area contributed by atoms with Crippen LogP contribution < -0.4 is 16.5 Å². The number of oxazole rings is 1. The second-order valence-electron chi connectivity index (χ2n) is 4.66. The maximum Gasteiger partial charge on any atom is 0.419 e. The van der Waals surface area contributed by atoms with Crippen molar-refractivity contribution in [2.45, 2.75) is 12.8 Å². The normalized spacial score (nSPS) is 14.7.